The molecule has 0 fully saturated rings. The van der Waals surface area contributed by atoms with Crippen molar-refractivity contribution in [3.8, 4) is 5.75 Å². The highest BCUT2D eigenvalue weighted by atomic mass is 32.1. The molecule has 0 aliphatic carbocycles. The largest absolute Gasteiger partial charge is 0.497 e. The van der Waals surface area contributed by atoms with Crippen LogP contribution in [0.2, 0.25) is 0 Å². The highest BCUT2D eigenvalue weighted by molar-refractivity contribution is 7.80. The summed E-state index contributed by atoms with van der Waals surface area (Å²) in [6.45, 7) is 1.92. The first-order valence-electron chi connectivity index (χ1n) is 7.05. The predicted octanol–water partition coefficient (Wildman–Crippen LogP) is -0.105. The van der Waals surface area contributed by atoms with Gasteiger partial charge in [0.1, 0.15) is 5.75 Å². The Balaban J connectivity index is 2.23. The zero-order valence-corrected chi connectivity index (χ0v) is 14.8. The molecule has 22 heavy (non-hydrogen) atoms. The van der Waals surface area contributed by atoms with Gasteiger partial charge < -0.3 is 20.3 Å². The lowest BCUT2D eigenvalue weighted by molar-refractivity contribution is -0.858. The van der Waals surface area contributed by atoms with Crippen LogP contribution in [0.5, 0.6) is 5.75 Å². The molecule has 6 nitrogen and oxygen atoms in total. The molecular formula is C14H24N5OS2+. The van der Waals surface area contributed by atoms with Crippen LogP contribution in [0.15, 0.2) is 24.3 Å². The van der Waals surface area contributed by atoms with Crippen LogP contribution >= 0.6 is 24.4 Å². The molecule has 0 atom stereocenters. The van der Waals surface area contributed by atoms with E-state index in [1.165, 1.54) is 4.90 Å². The van der Waals surface area contributed by atoms with Crippen molar-refractivity contribution in [1.82, 2.24) is 16.2 Å². The summed E-state index contributed by atoms with van der Waals surface area (Å²) < 4.78 is 5.15. The maximum Gasteiger partial charge on any atom is 0.189 e. The summed E-state index contributed by atoms with van der Waals surface area (Å²) in [7, 11) is 5.88. The molecule has 1 rings (SSSR count). The third kappa shape index (κ3) is 7.96. The van der Waals surface area contributed by atoms with E-state index in [0.29, 0.717) is 10.2 Å². The Labute approximate surface area is 142 Å². The van der Waals surface area contributed by atoms with Gasteiger partial charge in [0.2, 0.25) is 0 Å². The molecule has 5 N–H and O–H groups in total. The van der Waals surface area contributed by atoms with Crippen LogP contribution in [0.1, 0.15) is 6.42 Å². The number of hydrogen-bond donors (Lipinski definition) is 5. The first kappa shape index (κ1) is 18.4. The van der Waals surface area contributed by atoms with Crippen molar-refractivity contribution in [2.24, 2.45) is 0 Å². The van der Waals surface area contributed by atoms with Crippen molar-refractivity contribution in [1.29, 1.82) is 0 Å². The molecule has 0 heterocycles. The van der Waals surface area contributed by atoms with Crippen molar-refractivity contribution in [2.75, 3.05) is 39.6 Å². The Bertz CT molecular complexity index is 496. The first-order valence-corrected chi connectivity index (χ1v) is 7.87. The number of methoxy groups -OCH3 is 1. The number of anilines is 1. The molecule has 1 aromatic carbocycles. The molecule has 0 aliphatic rings. The van der Waals surface area contributed by atoms with Gasteiger partial charge in [-0.05, 0) is 36.6 Å². The molecule has 0 saturated heterocycles. The Hall–Kier alpha value is -1.64. The van der Waals surface area contributed by atoms with E-state index in [1.54, 1.807) is 7.11 Å². The SMILES string of the molecule is COc1cccc(NC(=S)NNC(=S)NCCC[NH+](C)C)c1. The Morgan fingerprint density at radius 1 is 1.18 bits per heavy atom. The van der Waals surface area contributed by atoms with Gasteiger partial charge in [-0.15, -0.1) is 0 Å². The van der Waals surface area contributed by atoms with Crippen LogP contribution < -0.4 is 31.1 Å². The second-order valence-corrected chi connectivity index (χ2v) is 5.82. The van der Waals surface area contributed by atoms with Gasteiger partial charge in [0.25, 0.3) is 0 Å². The van der Waals surface area contributed by atoms with E-state index in [0.717, 1.165) is 30.9 Å². The third-order valence-corrected chi connectivity index (χ3v) is 3.21. The number of rotatable bonds is 6. The summed E-state index contributed by atoms with van der Waals surface area (Å²) >= 11 is 10.3. The van der Waals surface area contributed by atoms with E-state index in [1.807, 2.05) is 24.3 Å². The predicted molar refractivity (Wildman–Crippen MR) is 98.4 cm³/mol. The minimum atomic E-state index is 0.426. The van der Waals surface area contributed by atoms with Crippen LogP contribution in [0.4, 0.5) is 5.69 Å². The van der Waals surface area contributed by atoms with Gasteiger partial charge in [0, 0.05) is 24.7 Å². The molecule has 0 spiro atoms. The standard InChI is InChI=1S/C14H23N5OS2/c1-19(2)9-5-8-15-13(21)17-18-14(22)16-11-6-4-7-12(10-11)20-3/h4,6-7,10H,5,8-9H2,1-3H3,(H2,15,17,21)(H2,16,18,22)/p+1. The highest BCUT2D eigenvalue weighted by Crippen LogP contribution is 2.16. The second kappa shape index (κ2) is 10.1. The van der Waals surface area contributed by atoms with Crippen molar-refractivity contribution in [2.45, 2.75) is 6.42 Å². The summed E-state index contributed by atoms with van der Waals surface area (Å²) in [5, 5.41) is 7.10. The summed E-state index contributed by atoms with van der Waals surface area (Å²) in [4.78, 5) is 1.42. The molecule has 122 valence electrons. The highest BCUT2D eigenvalue weighted by Gasteiger charge is 2.00. The van der Waals surface area contributed by atoms with Gasteiger partial charge in [-0.25, -0.2) is 0 Å². The Kier molecular flexibility index (Phi) is 8.49. The van der Waals surface area contributed by atoms with Gasteiger partial charge in [-0.1, -0.05) is 6.07 Å². The van der Waals surface area contributed by atoms with Crippen molar-refractivity contribution in [3.05, 3.63) is 24.3 Å². The Morgan fingerprint density at radius 3 is 2.59 bits per heavy atom. The molecule has 0 aromatic heterocycles. The van der Waals surface area contributed by atoms with Crippen LogP contribution in [-0.4, -0.2) is 44.5 Å². The smallest absolute Gasteiger partial charge is 0.189 e. The molecule has 0 bridgehead atoms. The van der Waals surface area contributed by atoms with E-state index in [2.05, 4.69) is 35.6 Å². The quantitative estimate of drug-likeness (QED) is 0.281. The summed E-state index contributed by atoms with van der Waals surface area (Å²) in [6, 6.07) is 7.51. The van der Waals surface area contributed by atoms with Crippen molar-refractivity contribution >= 4 is 40.3 Å². The normalized spacial score (nSPS) is 10.0. The average Bonchev–Trinajstić information content (AvgIpc) is 2.49. The molecule has 8 heteroatoms. The monoisotopic (exact) mass is 342 g/mol. The summed E-state index contributed by atoms with van der Waals surface area (Å²) in [5.41, 5.74) is 6.53. The van der Waals surface area contributed by atoms with Crippen molar-refractivity contribution < 1.29 is 9.64 Å². The maximum absolute atomic E-state index is 5.19. The van der Waals surface area contributed by atoms with Gasteiger partial charge in [0.15, 0.2) is 10.2 Å². The van der Waals surface area contributed by atoms with Crippen LogP contribution in [-0.2, 0) is 0 Å². The van der Waals surface area contributed by atoms with Crippen LogP contribution in [0, 0.1) is 0 Å². The number of benzene rings is 1. The maximum atomic E-state index is 5.19. The lowest BCUT2D eigenvalue weighted by Crippen LogP contribution is -3.05. The summed E-state index contributed by atoms with van der Waals surface area (Å²) in [6.07, 6.45) is 1.05. The molecule has 0 radical (unpaired) electrons. The minimum absolute atomic E-state index is 0.426. The van der Waals surface area contributed by atoms with Gasteiger partial charge >= 0.3 is 0 Å². The minimum Gasteiger partial charge on any atom is -0.497 e. The number of ether oxygens (including phenoxy) is 1. The van der Waals surface area contributed by atoms with E-state index >= 15 is 0 Å². The number of hydrogen-bond acceptors (Lipinski definition) is 3. The fourth-order valence-corrected chi connectivity index (χ4v) is 1.99. The molecule has 0 unspecified atom stereocenters. The molecular weight excluding hydrogens is 318 g/mol. The fraction of sp³-hybridized carbons (Fsp3) is 0.429. The van der Waals surface area contributed by atoms with E-state index in [4.69, 9.17) is 29.2 Å². The lowest BCUT2D eigenvalue weighted by Gasteiger charge is -2.15. The number of hydrazine groups is 1. The van der Waals surface area contributed by atoms with Gasteiger partial charge in [0.05, 0.1) is 27.7 Å². The zero-order valence-electron chi connectivity index (χ0n) is 13.2. The van der Waals surface area contributed by atoms with Crippen LogP contribution in [0.25, 0.3) is 0 Å². The van der Waals surface area contributed by atoms with Crippen molar-refractivity contribution in [3.63, 3.8) is 0 Å². The lowest BCUT2D eigenvalue weighted by atomic mass is 10.3. The molecule has 0 aliphatic heterocycles. The fourth-order valence-electron chi connectivity index (χ4n) is 1.66. The number of nitrogens with one attached hydrogen (secondary N) is 5. The topological polar surface area (TPSA) is 61.8 Å². The Morgan fingerprint density at radius 2 is 1.91 bits per heavy atom. The van der Waals surface area contributed by atoms with E-state index in [-0.39, 0.29) is 0 Å². The van der Waals surface area contributed by atoms with Gasteiger partial charge in [-0.2, -0.15) is 0 Å². The second-order valence-electron chi connectivity index (χ2n) is 5.00. The average molecular weight is 343 g/mol. The number of quaternary nitrogens is 1. The van der Waals surface area contributed by atoms with E-state index in [9.17, 15) is 0 Å². The first-order chi connectivity index (χ1) is 10.5. The zero-order chi connectivity index (χ0) is 16.4. The summed E-state index contributed by atoms with van der Waals surface area (Å²) in [5.74, 6) is 0.765. The van der Waals surface area contributed by atoms with Gasteiger partial charge in [-0.3, -0.25) is 10.9 Å². The molecule has 1 aromatic rings. The third-order valence-electron chi connectivity index (χ3n) is 2.76. The molecule has 0 amide bonds. The van der Waals surface area contributed by atoms with E-state index < -0.39 is 0 Å². The van der Waals surface area contributed by atoms with Crippen LogP contribution in [0.3, 0.4) is 0 Å². The number of thiocarbonyl (C=S) groups is 2. The molecule has 0 saturated carbocycles.